The van der Waals surface area contributed by atoms with E-state index in [1.807, 2.05) is 0 Å². The van der Waals surface area contributed by atoms with Crippen molar-refractivity contribution in [2.45, 2.75) is 37.0 Å². The second kappa shape index (κ2) is 6.22. The van der Waals surface area contributed by atoms with Crippen molar-refractivity contribution in [2.75, 3.05) is 6.26 Å². The van der Waals surface area contributed by atoms with Gasteiger partial charge in [0.1, 0.15) is 9.84 Å². The maximum atomic E-state index is 11.7. The second-order valence-electron chi connectivity index (χ2n) is 5.49. The SMILES string of the molecule is CS(=O)(=O)C1CCCC(C(O)c2ccc(Cl)cc2Cl)C1. The van der Waals surface area contributed by atoms with E-state index in [-0.39, 0.29) is 11.2 Å². The molecular weight excluding hydrogens is 319 g/mol. The van der Waals surface area contributed by atoms with E-state index in [1.54, 1.807) is 18.2 Å². The first-order chi connectivity index (χ1) is 9.29. The number of benzene rings is 1. The Morgan fingerprint density at radius 3 is 2.60 bits per heavy atom. The van der Waals surface area contributed by atoms with Crippen LogP contribution in [0, 0.1) is 5.92 Å². The molecular formula is C14H18Cl2O3S. The summed E-state index contributed by atoms with van der Waals surface area (Å²) in [5.74, 6) is -0.0813. The highest BCUT2D eigenvalue weighted by Gasteiger charge is 2.33. The van der Waals surface area contributed by atoms with Crippen LogP contribution in [0.15, 0.2) is 18.2 Å². The van der Waals surface area contributed by atoms with Crippen LogP contribution in [0.3, 0.4) is 0 Å². The molecule has 1 N–H and O–H groups in total. The van der Waals surface area contributed by atoms with Crippen LogP contribution in [-0.4, -0.2) is 25.0 Å². The molecule has 0 spiro atoms. The van der Waals surface area contributed by atoms with Crippen molar-refractivity contribution in [3.8, 4) is 0 Å². The van der Waals surface area contributed by atoms with Crippen molar-refractivity contribution in [1.82, 2.24) is 0 Å². The molecule has 0 amide bonds. The normalized spacial score (nSPS) is 25.4. The third-order valence-electron chi connectivity index (χ3n) is 4.00. The standard InChI is InChI=1S/C14H18Cl2O3S/c1-20(18,19)11-4-2-3-9(7-11)14(17)12-6-5-10(15)8-13(12)16/h5-6,8-9,11,14,17H,2-4,7H2,1H3. The molecule has 1 fully saturated rings. The van der Waals surface area contributed by atoms with Crippen molar-refractivity contribution < 1.29 is 13.5 Å². The highest BCUT2D eigenvalue weighted by atomic mass is 35.5. The molecule has 0 radical (unpaired) electrons. The van der Waals surface area contributed by atoms with Crippen molar-refractivity contribution >= 4 is 33.0 Å². The summed E-state index contributed by atoms with van der Waals surface area (Å²) < 4.78 is 23.4. The molecule has 20 heavy (non-hydrogen) atoms. The summed E-state index contributed by atoms with van der Waals surface area (Å²) >= 11 is 12.0. The number of halogens is 2. The van der Waals surface area contributed by atoms with Gasteiger partial charge < -0.3 is 5.11 Å². The Labute approximate surface area is 129 Å². The molecule has 1 saturated carbocycles. The van der Waals surface area contributed by atoms with Crippen LogP contribution in [-0.2, 0) is 9.84 Å². The highest BCUT2D eigenvalue weighted by Crippen LogP contribution is 2.39. The Morgan fingerprint density at radius 1 is 1.30 bits per heavy atom. The summed E-state index contributed by atoms with van der Waals surface area (Å²) in [4.78, 5) is 0. The summed E-state index contributed by atoms with van der Waals surface area (Å²) in [6, 6.07) is 4.99. The molecule has 0 heterocycles. The fraction of sp³-hybridized carbons (Fsp3) is 0.571. The van der Waals surface area contributed by atoms with Crippen LogP contribution in [0.2, 0.25) is 10.0 Å². The highest BCUT2D eigenvalue weighted by molar-refractivity contribution is 7.91. The number of sulfone groups is 1. The molecule has 1 aliphatic carbocycles. The molecule has 112 valence electrons. The first kappa shape index (κ1) is 16.1. The van der Waals surface area contributed by atoms with Gasteiger partial charge in [0.25, 0.3) is 0 Å². The summed E-state index contributed by atoms with van der Waals surface area (Å²) in [5, 5.41) is 11.1. The predicted octanol–water partition coefficient (Wildman–Crippen LogP) is 3.63. The minimum atomic E-state index is -3.06. The zero-order chi connectivity index (χ0) is 14.9. The maximum Gasteiger partial charge on any atom is 0.150 e. The van der Waals surface area contributed by atoms with Crippen LogP contribution < -0.4 is 0 Å². The molecule has 1 aromatic carbocycles. The average Bonchev–Trinajstić information content (AvgIpc) is 2.37. The lowest BCUT2D eigenvalue weighted by Gasteiger charge is -2.31. The van der Waals surface area contributed by atoms with Gasteiger partial charge in [-0.1, -0.05) is 35.7 Å². The van der Waals surface area contributed by atoms with E-state index in [9.17, 15) is 13.5 Å². The number of hydrogen-bond donors (Lipinski definition) is 1. The lowest BCUT2D eigenvalue weighted by Crippen LogP contribution is -2.30. The zero-order valence-electron chi connectivity index (χ0n) is 11.2. The summed E-state index contributed by atoms with van der Waals surface area (Å²) in [5.41, 5.74) is 0.621. The van der Waals surface area contributed by atoms with Gasteiger partial charge in [0, 0.05) is 16.3 Å². The quantitative estimate of drug-likeness (QED) is 0.916. The van der Waals surface area contributed by atoms with Crippen molar-refractivity contribution in [3.63, 3.8) is 0 Å². The Kier molecular flexibility index (Phi) is 5.00. The summed E-state index contributed by atoms with van der Waals surface area (Å²) in [6.07, 6.45) is 3.30. The van der Waals surface area contributed by atoms with E-state index in [4.69, 9.17) is 23.2 Å². The molecule has 0 aliphatic heterocycles. The van der Waals surface area contributed by atoms with Gasteiger partial charge in [-0.2, -0.15) is 0 Å². The molecule has 3 atom stereocenters. The summed E-state index contributed by atoms with van der Waals surface area (Å²) in [7, 11) is -3.06. The lowest BCUT2D eigenvalue weighted by atomic mass is 9.82. The van der Waals surface area contributed by atoms with Gasteiger partial charge >= 0.3 is 0 Å². The Balaban J connectivity index is 2.18. The van der Waals surface area contributed by atoms with Gasteiger partial charge in [-0.05, 0) is 42.9 Å². The Morgan fingerprint density at radius 2 is 2.00 bits per heavy atom. The van der Waals surface area contributed by atoms with E-state index in [1.165, 1.54) is 6.26 Å². The smallest absolute Gasteiger partial charge is 0.150 e. The molecule has 1 aliphatic rings. The fourth-order valence-corrected chi connectivity index (χ4v) is 4.56. The summed E-state index contributed by atoms with van der Waals surface area (Å²) in [6.45, 7) is 0. The topological polar surface area (TPSA) is 54.4 Å². The van der Waals surface area contributed by atoms with Crippen molar-refractivity contribution in [1.29, 1.82) is 0 Å². The van der Waals surface area contributed by atoms with E-state index in [0.717, 1.165) is 12.8 Å². The van der Waals surface area contributed by atoms with Crippen LogP contribution in [0.5, 0.6) is 0 Å². The monoisotopic (exact) mass is 336 g/mol. The zero-order valence-corrected chi connectivity index (χ0v) is 13.5. The minimum absolute atomic E-state index is 0.0813. The molecule has 3 unspecified atom stereocenters. The first-order valence-electron chi connectivity index (χ1n) is 6.61. The van der Waals surface area contributed by atoms with E-state index >= 15 is 0 Å². The minimum Gasteiger partial charge on any atom is -0.388 e. The first-order valence-corrected chi connectivity index (χ1v) is 9.32. The van der Waals surface area contributed by atoms with Crippen LogP contribution in [0.4, 0.5) is 0 Å². The molecule has 3 nitrogen and oxygen atoms in total. The van der Waals surface area contributed by atoms with Gasteiger partial charge in [0.15, 0.2) is 0 Å². The number of aliphatic hydroxyl groups is 1. The largest absolute Gasteiger partial charge is 0.388 e. The molecule has 0 aromatic heterocycles. The van der Waals surface area contributed by atoms with E-state index in [0.29, 0.717) is 28.5 Å². The van der Waals surface area contributed by atoms with Gasteiger partial charge in [0.2, 0.25) is 0 Å². The third-order valence-corrected chi connectivity index (χ3v) is 6.20. The van der Waals surface area contributed by atoms with Crippen LogP contribution in [0.1, 0.15) is 37.4 Å². The van der Waals surface area contributed by atoms with Crippen molar-refractivity contribution in [2.24, 2.45) is 5.92 Å². The van der Waals surface area contributed by atoms with Gasteiger partial charge in [0.05, 0.1) is 11.4 Å². The van der Waals surface area contributed by atoms with E-state index < -0.39 is 15.9 Å². The Hall–Kier alpha value is -0.290. The number of rotatable bonds is 3. The van der Waals surface area contributed by atoms with Gasteiger partial charge in [-0.15, -0.1) is 0 Å². The van der Waals surface area contributed by atoms with Crippen molar-refractivity contribution in [3.05, 3.63) is 33.8 Å². The molecule has 0 saturated heterocycles. The molecule has 1 aromatic rings. The number of hydrogen-bond acceptors (Lipinski definition) is 3. The average molecular weight is 337 g/mol. The third kappa shape index (κ3) is 3.67. The molecule has 6 heteroatoms. The number of aliphatic hydroxyl groups excluding tert-OH is 1. The second-order valence-corrected chi connectivity index (χ2v) is 8.66. The van der Waals surface area contributed by atoms with Crippen LogP contribution in [0.25, 0.3) is 0 Å². The molecule has 2 rings (SSSR count). The predicted molar refractivity (Wildman–Crippen MR) is 82.0 cm³/mol. The lowest BCUT2D eigenvalue weighted by molar-refractivity contribution is 0.0858. The molecule has 0 bridgehead atoms. The fourth-order valence-electron chi connectivity index (χ4n) is 2.85. The maximum absolute atomic E-state index is 11.7. The van der Waals surface area contributed by atoms with Crippen LogP contribution >= 0.6 is 23.2 Å². The Bertz CT molecular complexity index is 586. The van der Waals surface area contributed by atoms with E-state index in [2.05, 4.69) is 0 Å². The van der Waals surface area contributed by atoms with Gasteiger partial charge in [-0.25, -0.2) is 8.42 Å². The van der Waals surface area contributed by atoms with Gasteiger partial charge in [-0.3, -0.25) is 0 Å².